The van der Waals surface area contributed by atoms with Gasteiger partial charge in [-0.25, -0.2) is 4.79 Å². The van der Waals surface area contributed by atoms with Crippen LogP contribution in [-0.4, -0.2) is 23.0 Å². The molecule has 1 saturated carbocycles. The van der Waals surface area contributed by atoms with Crippen LogP contribution in [0.2, 0.25) is 0 Å². The Bertz CT molecular complexity index is 1020. The van der Waals surface area contributed by atoms with Crippen LogP contribution in [0.4, 0.5) is 21.9 Å². The summed E-state index contributed by atoms with van der Waals surface area (Å²) in [6.45, 7) is 0. The highest BCUT2D eigenvalue weighted by Gasteiger charge is 2.59. The number of fused-ring (bicyclic) bond motifs is 5. The number of phenolic OH excluding ortho intramolecular Hbond substituents is 1. The Morgan fingerprint density at radius 1 is 0.897 bits per heavy atom. The van der Waals surface area contributed by atoms with Crippen molar-refractivity contribution in [2.75, 3.05) is 15.5 Å². The van der Waals surface area contributed by atoms with E-state index < -0.39 is 6.03 Å². The summed E-state index contributed by atoms with van der Waals surface area (Å²) < 4.78 is 0. The number of benzene rings is 2. The summed E-state index contributed by atoms with van der Waals surface area (Å²) in [4.78, 5) is 39.1. The number of anilines is 3. The first kappa shape index (κ1) is 17.5. The molecule has 1 aliphatic heterocycles. The third-order valence-corrected chi connectivity index (χ3v) is 6.01. The first-order chi connectivity index (χ1) is 14.0. The number of rotatable bonds is 3. The molecule has 7 heteroatoms. The molecule has 0 spiro atoms. The van der Waals surface area contributed by atoms with E-state index >= 15 is 0 Å². The van der Waals surface area contributed by atoms with Gasteiger partial charge in [-0.1, -0.05) is 24.3 Å². The number of urea groups is 1. The van der Waals surface area contributed by atoms with Gasteiger partial charge in [-0.15, -0.1) is 0 Å². The minimum atomic E-state index is -0.509. The Kier molecular flexibility index (Phi) is 3.91. The van der Waals surface area contributed by atoms with Crippen LogP contribution in [0.1, 0.15) is 6.42 Å². The number of aromatic hydroxyl groups is 1. The number of nitrogens with one attached hydrogen (secondary N) is 2. The van der Waals surface area contributed by atoms with E-state index in [2.05, 4.69) is 22.8 Å². The summed E-state index contributed by atoms with van der Waals surface area (Å²) in [6.07, 6.45) is 5.03. The second-order valence-electron chi connectivity index (χ2n) is 7.65. The van der Waals surface area contributed by atoms with E-state index in [1.807, 2.05) is 0 Å². The minimum Gasteiger partial charge on any atom is -0.506 e. The van der Waals surface area contributed by atoms with Gasteiger partial charge in [0.25, 0.3) is 0 Å². The van der Waals surface area contributed by atoms with Crippen LogP contribution < -0.4 is 15.5 Å². The maximum absolute atomic E-state index is 12.9. The molecule has 2 fully saturated rings. The third kappa shape index (κ3) is 2.77. The zero-order valence-electron chi connectivity index (χ0n) is 15.4. The number of carbonyl (C=O) groups excluding carboxylic acids is 3. The van der Waals surface area contributed by atoms with E-state index in [9.17, 15) is 19.5 Å². The molecule has 0 aromatic heterocycles. The molecule has 2 bridgehead atoms. The van der Waals surface area contributed by atoms with Crippen molar-refractivity contribution < 1.29 is 19.5 Å². The topological polar surface area (TPSA) is 98.7 Å². The molecule has 2 aromatic rings. The number of para-hydroxylation sites is 2. The van der Waals surface area contributed by atoms with Crippen molar-refractivity contribution in [2.24, 2.45) is 23.7 Å². The van der Waals surface area contributed by atoms with E-state index in [0.29, 0.717) is 17.1 Å². The van der Waals surface area contributed by atoms with Crippen LogP contribution in [0.3, 0.4) is 0 Å². The lowest BCUT2D eigenvalue weighted by molar-refractivity contribution is -0.123. The van der Waals surface area contributed by atoms with Gasteiger partial charge in [0, 0.05) is 5.69 Å². The summed E-state index contributed by atoms with van der Waals surface area (Å²) in [5.74, 6) is -0.419. The van der Waals surface area contributed by atoms with Crippen molar-refractivity contribution in [3.63, 3.8) is 0 Å². The highest BCUT2D eigenvalue weighted by atomic mass is 16.3. The van der Waals surface area contributed by atoms with E-state index in [-0.39, 0.29) is 41.2 Å². The maximum Gasteiger partial charge on any atom is 0.323 e. The molecule has 1 saturated heterocycles. The van der Waals surface area contributed by atoms with Crippen LogP contribution in [-0.2, 0) is 9.59 Å². The molecule has 2 aromatic carbocycles. The Labute approximate surface area is 167 Å². The number of carbonyl (C=O) groups is 3. The van der Waals surface area contributed by atoms with Gasteiger partial charge in [-0.2, -0.15) is 0 Å². The normalized spacial score (nSPS) is 26.7. The SMILES string of the molecule is O=C(Nc1ccc(N2C(=O)[C@H]3[C@H](C2=O)[C@H]2C=C[C@H]3C2)cc1)Nc1ccccc1O. The fraction of sp³-hybridized carbons (Fsp3) is 0.227. The van der Waals surface area contributed by atoms with Gasteiger partial charge in [0.1, 0.15) is 5.75 Å². The molecule has 0 unspecified atom stereocenters. The summed E-state index contributed by atoms with van der Waals surface area (Å²) >= 11 is 0. The van der Waals surface area contributed by atoms with Crippen LogP contribution in [0.25, 0.3) is 0 Å². The largest absolute Gasteiger partial charge is 0.506 e. The van der Waals surface area contributed by atoms with Gasteiger partial charge in [-0.3, -0.25) is 14.5 Å². The summed E-state index contributed by atoms with van der Waals surface area (Å²) in [5, 5.41) is 14.9. The number of imide groups is 1. The first-order valence-electron chi connectivity index (χ1n) is 9.55. The predicted octanol–water partition coefficient (Wildman–Crippen LogP) is 3.35. The fourth-order valence-corrected chi connectivity index (χ4v) is 4.71. The number of nitrogens with zero attached hydrogens (tertiary/aromatic N) is 1. The van der Waals surface area contributed by atoms with Crippen molar-refractivity contribution >= 4 is 34.9 Å². The standard InChI is InChI=1S/C22H19N3O4/c26-17-4-2-1-3-16(17)24-22(29)23-14-7-9-15(10-8-14)25-20(27)18-12-5-6-13(11-12)19(18)21(25)28/h1-10,12-13,18-19,26H,11H2,(H2,23,24,29)/t12-,13-,18+,19+/m0/s1. The molecule has 0 radical (unpaired) electrons. The zero-order valence-corrected chi connectivity index (χ0v) is 15.4. The van der Waals surface area contributed by atoms with E-state index in [1.165, 1.54) is 11.0 Å². The second kappa shape index (κ2) is 6.48. The predicted molar refractivity (Wildman–Crippen MR) is 107 cm³/mol. The van der Waals surface area contributed by atoms with Gasteiger partial charge in [0.2, 0.25) is 11.8 Å². The monoisotopic (exact) mass is 389 g/mol. The molecule has 4 atom stereocenters. The fourth-order valence-electron chi connectivity index (χ4n) is 4.71. The lowest BCUT2D eigenvalue weighted by Gasteiger charge is -2.17. The van der Waals surface area contributed by atoms with Gasteiger partial charge < -0.3 is 15.7 Å². The van der Waals surface area contributed by atoms with Crippen molar-refractivity contribution in [3.8, 4) is 5.75 Å². The number of phenols is 1. The van der Waals surface area contributed by atoms with E-state index in [1.54, 1.807) is 42.5 Å². The third-order valence-electron chi connectivity index (χ3n) is 6.01. The molecule has 3 N–H and O–H groups in total. The molecular formula is C22H19N3O4. The molecule has 4 amide bonds. The Morgan fingerprint density at radius 2 is 1.52 bits per heavy atom. The van der Waals surface area contributed by atoms with Gasteiger partial charge in [-0.05, 0) is 54.7 Å². The van der Waals surface area contributed by atoms with Crippen LogP contribution in [0.15, 0.2) is 60.7 Å². The molecule has 5 rings (SSSR count). The van der Waals surface area contributed by atoms with E-state index in [4.69, 9.17) is 0 Å². The first-order valence-corrected chi connectivity index (χ1v) is 9.55. The van der Waals surface area contributed by atoms with Crippen LogP contribution in [0, 0.1) is 23.7 Å². The van der Waals surface area contributed by atoms with Gasteiger partial charge in [0.15, 0.2) is 0 Å². The number of allylic oxidation sites excluding steroid dienone is 2. The lowest BCUT2D eigenvalue weighted by Crippen LogP contribution is -2.32. The van der Waals surface area contributed by atoms with E-state index in [0.717, 1.165) is 6.42 Å². The Morgan fingerprint density at radius 3 is 2.14 bits per heavy atom. The smallest absolute Gasteiger partial charge is 0.323 e. The highest BCUT2D eigenvalue weighted by Crippen LogP contribution is 2.53. The van der Waals surface area contributed by atoms with Crippen molar-refractivity contribution in [3.05, 3.63) is 60.7 Å². The molecule has 3 aliphatic rings. The van der Waals surface area contributed by atoms with Crippen molar-refractivity contribution in [2.45, 2.75) is 6.42 Å². The molecular weight excluding hydrogens is 370 g/mol. The lowest BCUT2D eigenvalue weighted by atomic mass is 9.85. The van der Waals surface area contributed by atoms with Crippen molar-refractivity contribution in [1.29, 1.82) is 0 Å². The van der Waals surface area contributed by atoms with Crippen LogP contribution in [0.5, 0.6) is 5.75 Å². The minimum absolute atomic E-state index is 0.0296. The molecule has 29 heavy (non-hydrogen) atoms. The zero-order chi connectivity index (χ0) is 20.1. The number of amides is 4. The highest BCUT2D eigenvalue weighted by molar-refractivity contribution is 6.22. The summed E-state index contributed by atoms with van der Waals surface area (Å²) in [5.41, 5.74) is 1.31. The number of hydrogen-bond acceptors (Lipinski definition) is 4. The second-order valence-corrected chi connectivity index (χ2v) is 7.65. The average molecular weight is 389 g/mol. The average Bonchev–Trinajstić information content (AvgIpc) is 3.38. The quantitative estimate of drug-likeness (QED) is 0.426. The molecule has 146 valence electrons. The summed E-state index contributed by atoms with van der Waals surface area (Å²) in [6, 6.07) is 12.5. The van der Waals surface area contributed by atoms with Crippen LogP contribution >= 0.6 is 0 Å². The Hall–Kier alpha value is -3.61. The molecule has 7 nitrogen and oxygen atoms in total. The Balaban J connectivity index is 1.29. The number of hydrogen-bond donors (Lipinski definition) is 3. The maximum atomic E-state index is 12.9. The van der Waals surface area contributed by atoms with Gasteiger partial charge >= 0.3 is 6.03 Å². The molecule has 1 heterocycles. The summed E-state index contributed by atoms with van der Waals surface area (Å²) in [7, 11) is 0. The van der Waals surface area contributed by atoms with Gasteiger partial charge in [0.05, 0.1) is 23.2 Å². The van der Waals surface area contributed by atoms with Crippen molar-refractivity contribution in [1.82, 2.24) is 0 Å². The molecule has 2 aliphatic carbocycles.